The van der Waals surface area contributed by atoms with Crippen molar-refractivity contribution < 1.29 is 16.8 Å². The number of thiophene rings is 1. The molecular weight excluding hydrogens is 364 g/mol. The molecule has 104 valence electrons. The lowest BCUT2D eigenvalue weighted by Crippen LogP contribution is -2.27. The minimum Gasteiger partial charge on any atom is -0.229 e. The third-order valence-corrected chi connectivity index (χ3v) is 6.93. The fourth-order valence-corrected chi connectivity index (χ4v) is 5.01. The highest BCUT2D eigenvalue weighted by Crippen LogP contribution is 2.30. The van der Waals surface area contributed by atoms with Crippen molar-refractivity contribution >= 4 is 47.3 Å². The summed E-state index contributed by atoms with van der Waals surface area (Å²) in [4.78, 5) is 0. The van der Waals surface area contributed by atoms with Crippen LogP contribution in [0.3, 0.4) is 0 Å². The Morgan fingerprint density at radius 3 is 2.44 bits per heavy atom. The van der Waals surface area contributed by atoms with Gasteiger partial charge < -0.3 is 0 Å². The maximum atomic E-state index is 11.8. The van der Waals surface area contributed by atoms with Crippen LogP contribution in [-0.4, -0.2) is 29.1 Å². The fourth-order valence-electron chi connectivity index (χ4n) is 1.12. The number of hydrogen-bond donors (Lipinski definition) is 2. The van der Waals surface area contributed by atoms with Crippen LogP contribution in [-0.2, 0) is 20.0 Å². The van der Waals surface area contributed by atoms with Crippen molar-refractivity contribution in [1.82, 2.24) is 4.72 Å². The van der Waals surface area contributed by atoms with Gasteiger partial charge in [0.25, 0.3) is 0 Å². The van der Waals surface area contributed by atoms with Crippen molar-refractivity contribution in [1.29, 1.82) is 0 Å². The first-order chi connectivity index (χ1) is 8.12. The van der Waals surface area contributed by atoms with Gasteiger partial charge in [-0.1, -0.05) is 0 Å². The predicted octanol–water partition coefficient (Wildman–Crippen LogP) is 0.776. The topological polar surface area (TPSA) is 106 Å². The Bertz CT molecular complexity index is 601. The van der Waals surface area contributed by atoms with Gasteiger partial charge >= 0.3 is 0 Å². The smallest absolute Gasteiger partial charge is 0.229 e. The maximum absolute atomic E-state index is 11.8. The number of aryl methyl sites for hydroxylation is 1. The van der Waals surface area contributed by atoms with Gasteiger partial charge in [0.05, 0.1) is 9.54 Å². The average molecular weight is 377 g/mol. The van der Waals surface area contributed by atoms with Gasteiger partial charge in [-0.2, -0.15) is 0 Å². The molecule has 0 fully saturated rings. The Morgan fingerprint density at radius 2 is 2.00 bits per heavy atom. The molecule has 1 aromatic heterocycles. The van der Waals surface area contributed by atoms with E-state index < -0.39 is 20.0 Å². The van der Waals surface area contributed by atoms with Crippen molar-refractivity contribution in [2.75, 3.05) is 12.3 Å². The predicted molar refractivity (Wildman–Crippen MR) is 74.5 cm³/mol. The van der Waals surface area contributed by atoms with Crippen molar-refractivity contribution in [2.24, 2.45) is 5.14 Å². The molecule has 0 saturated carbocycles. The molecule has 1 rings (SSSR count). The van der Waals surface area contributed by atoms with E-state index in [0.29, 0.717) is 0 Å². The Labute approximate surface area is 119 Å². The summed E-state index contributed by atoms with van der Waals surface area (Å²) >= 11 is 4.36. The molecule has 18 heavy (non-hydrogen) atoms. The van der Waals surface area contributed by atoms with Crippen molar-refractivity contribution in [3.05, 3.63) is 15.4 Å². The van der Waals surface area contributed by atoms with E-state index in [1.54, 1.807) is 13.0 Å². The second kappa shape index (κ2) is 5.97. The average Bonchev–Trinajstić information content (AvgIpc) is 2.54. The van der Waals surface area contributed by atoms with Gasteiger partial charge in [0.15, 0.2) is 0 Å². The number of hydrogen-bond acceptors (Lipinski definition) is 5. The van der Waals surface area contributed by atoms with Crippen LogP contribution in [0, 0.1) is 6.92 Å². The monoisotopic (exact) mass is 376 g/mol. The van der Waals surface area contributed by atoms with E-state index >= 15 is 0 Å². The van der Waals surface area contributed by atoms with E-state index in [4.69, 9.17) is 5.14 Å². The summed E-state index contributed by atoms with van der Waals surface area (Å²) in [6.07, 6.45) is 0.142. The summed E-state index contributed by atoms with van der Waals surface area (Å²) < 4.78 is 48.3. The zero-order valence-corrected chi connectivity index (χ0v) is 13.5. The van der Waals surface area contributed by atoms with Gasteiger partial charge in [-0.25, -0.2) is 26.7 Å². The summed E-state index contributed by atoms with van der Waals surface area (Å²) in [7, 11) is -7.13. The first-order valence-corrected chi connectivity index (χ1v) is 9.69. The van der Waals surface area contributed by atoms with Crippen LogP contribution in [0.25, 0.3) is 0 Å². The van der Waals surface area contributed by atoms with E-state index in [1.165, 1.54) is 0 Å². The standard InChI is InChI=1S/C8H13BrN2O4S3/c1-6-5-7(16-8(6)9)18(14,15)11-3-2-4-17(10,12)13/h5,11H,2-4H2,1H3,(H2,10,12,13). The molecule has 0 atom stereocenters. The minimum atomic E-state index is -3.58. The van der Waals surface area contributed by atoms with E-state index in [2.05, 4.69) is 20.7 Å². The maximum Gasteiger partial charge on any atom is 0.250 e. The first-order valence-electron chi connectivity index (χ1n) is 4.88. The number of nitrogens with two attached hydrogens (primary N) is 1. The number of primary sulfonamides is 1. The molecule has 0 spiro atoms. The summed E-state index contributed by atoms with van der Waals surface area (Å²) in [5.41, 5.74) is 0.838. The van der Waals surface area contributed by atoms with E-state index in [9.17, 15) is 16.8 Å². The molecule has 0 aromatic carbocycles. The molecule has 6 nitrogen and oxygen atoms in total. The van der Waals surface area contributed by atoms with Gasteiger partial charge in [0.1, 0.15) is 4.21 Å². The second-order valence-electron chi connectivity index (χ2n) is 3.64. The van der Waals surface area contributed by atoms with Gasteiger partial charge in [0, 0.05) is 6.54 Å². The summed E-state index contributed by atoms with van der Waals surface area (Å²) in [5, 5.41) is 4.81. The molecule has 10 heteroatoms. The van der Waals surface area contributed by atoms with Crippen molar-refractivity contribution in [3.8, 4) is 0 Å². The Morgan fingerprint density at radius 1 is 1.39 bits per heavy atom. The van der Waals surface area contributed by atoms with Gasteiger partial charge in [-0.05, 0) is 40.9 Å². The molecule has 0 aliphatic rings. The molecule has 0 bridgehead atoms. The Kier molecular flexibility index (Phi) is 5.32. The van der Waals surface area contributed by atoms with Crippen LogP contribution in [0.4, 0.5) is 0 Å². The van der Waals surface area contributed by atoms with E-state index in [0.717, 1.165) is 20.7 Å². The van der Waals surface area contributed by atoms with Crippen LogP contribution >= 0.6 is 27.3 Å². The van der Waals surface area contributed by atoms with Gasteiger partial charge in [-0.15, -0.1) is 11.3 Å². The quantitative estimate of drug-likeness (QED) is 0.715. The zero-order valence-electron chi connectivity index (χ0n) is 9.51. The van der Waals surface area contributed by atoms with E-state index in [1.807, 2.05) is 0 Å². The molecular formula is C8H13BrN2O4S3. The third-order valence-electron chi connectivity index (χ3n) is 2.00. The molecule has 0 unspecified atom stereocenters. The van der Waals surface area contributed by atoms with Crippen LogP contribution in [0.2, 0.25) is 0 Å². The largest absolute Gasteiger partial charge is 0.250 e. The molecule has 0 saturated heterocycles. The van der Waals surface area contributed by atoms with Crippen LogP contribution in [0.5, 0.6) is 0 Å². The highest BCUT2D eigenvalue weighted by atomic mass is 79.9. The molecule has 0 radical (unpaired) electrons. The minimum absolute atomic E-state index is 0.0350. The van der Waals surface area contributed by atoms with Crippen LogP contribution in [0.1, 0.15) is 12.0 Å². The second-order valence-corrected chi connectivity index (χ2v) is 9.74. The molecule has 3 N–H and O–H groups in total. The van der Waals surface area contributed by atoms with Crippen LogP contribution < -0.4 is 9.86 Å². The summed E-state index contributed by atoms with van der Waals surface area (Å²) in [5.74, 6) is -0.247. The molecule has 0 aliphatic carbocycles. The molecule has 1 aromatic rings. The highest BCUT2D eigenvalue weighted by Gasteiger charge is 2.17. The number of nitrogens with one attached hydrogen (secondary N) is 1. The lowest BCUT2D eigenvalue weighted by molar-refractivity contribution is 0.578. The van der Waals surface area contributed by atoms with Gasteiger partial charge in [-0.3, -0.25) is 0 Å². The lowest BCUT2D eigenvalue weighted by atomic mass is 10.4. The number of halogens is 1. The molecule has 0 amide bonds. The van der Waals surface area contributed by atoms with Crippen molar-refractivity contribution in [3.63, 3.8) is 0 Å². The highest BCUT2D eigenvalue weighted by molar-refractivity contribution is 9.11. The molecule has 0 aliphatic heterocycles. The SMILES string of the molecule is Cc1cc(S(=O)(=O)NCCCS(N)(=O)=O)sc1Br. The third kappa shape index (κ3) is 4.94. The first kappa shape index (κ1) is 16.1. The molecule has 1 heterocycles. The summed E-state index contributed by atoms with van der Waals surface area (Å²) in [6, 6.07) is 1.55. The number of sulfonamides is 2. The van der Waals surface area contributed by atoms with Crippen LogP contribution in [0.15, 0.2) is 14.1 Å². The fraction of sp³-hybridized carbons (Fsp3) is 0.500. The summed E-state index contributed by atoms with van der Waals surface area (Å²) in [6.45, 7) is 1.83. The van der Waals surface area contributed by atoms with Gasteiger partial charge in [0.2, 0.25) is 20.0 Å². The van der Waals surface area contributed by atoms with Crippen molar-refractivity contribution in [2.45, 2.75) is 17.6 Å². The lowest BCUT2D eigenvalue weighted by Gasteiger charge is -2.03. The van der Waals surface area contributed by atoms with E-state index in [-0.39, 0.29) is 22.9 Å². The number of rotatable bonds is 6. The Hall–Kier alpha value is -0.000000000000000111. The Balaban J connectivity index is 2.61. The normalized spacial score (nSPS) is 12.8. The zero-order chi connectivity index (χ0) is 14.0.